The van der Waals surface area contributed by atoms with Gasteiger partial charge in [-0.3, -0.25) is 19.5 Å². The fraction of sp³-hybridized carbons (Fsp3) is 0.440. The first-order chi connectivity index (χ1) is 17.3. The van der Waals surface area contributed by atoms with Crippen molar-refractivity contribution in [2.45, 2.75) is 39.3 Å². The zero-order chi connectivity index (χ0) is 25.8. The van der Waals surface area contributed by atoms with Crippen LogP contribution in [0, 0.1) is 15.9 Å². The number of nitro benzene ring substituents is 1. The maximum atomic E-state index is 14.1. The zero-order valence-electron chi connectivity index (χ0n) is 20.4. The van der Waals surface area contributed by atoms with E-state index in [1.807, 2.05) is 6.92 Å². The minimum absolute atomic E-state index is 0.130. The molecule has 1 aliphatic rings. The van der Waals surface area contributed by atoms with Crippen LogP contribution >= 0.6 is 0 Å². The minimum Gasteiger partial charge on any atom is -0.407 e. The third-order valence-corrected chi connectivity index (χ3v) is 6.64. The van der Waals surface area contributed by atoms with Crippen LogP contribution in [0.1, 0.15) is 38.3 Å². The molecule has 1 aliphatic heterocycles. The lowest BCUT2D eigenvalue weighted by molar-refractivity contribution is -0.384. The first-order valence-electron chi connectivity index (χ1n) is 12.1. The highest BCUT2D eigenvalue weighted by Crippen LogP contribution is 2.28. The zero-order valence-corrected chi connectivity index (χ0v) is 20.4. The van der Waals surface area contributed by atoms with E-state index in [0.717, 1.165) is 44.0 Å². The molecule has 1 aromatic heterocycles. The number of nitro groups is 1. The Morgan fingerprint density at radius 3 is 2.64 bits per heavy atom. The van der Waals surface area contributed by atoms with Crippen molar-refractivity contribution < 1.29 is 18.5 Å². The van der Waals surface area contributed by atoms with E-state index in [1.165, 1.54) is 34.9 Å². The average molecular weight is 500 g/mol. The molecule has 0 radical (unpaired) electrons. The summed E-state index contributed by atoms with van der Waals surface area (Å²) < 4.78 is 20.6. The van der Waals surface area contributed by atoms with Crippen molar-refractivity contribution in [3.63, 3.8) is 0 Å². The van der Waals surface area contributed by atoms with Gasteiger partial charge in [-0.25, -0.2) is 9.18 Å². The number of likely N-dealkylation sites (N-methyl/N-ethyl adjacent to an activating group) is 1. The highest BCUT2D eigenvalue weighted by molar-refractivity contribution is 5.77. The third kappa shape index (κ3) is 5.56. The molecule has 4 rings (SSSR count). The van der Waals surface area contributed by atoms with Crippen molar-refractivity contribution in [1.82, 2.24) is 14.8 Å². The van der Waals surface area contributed by atoms with Crippen LogP contribution in [-0.4, -0.2) is 53.0 Å². The summed E-state index contributed by atoms with van der Waals surface area (Å²) in [7, 11) is 0. The molecule has 1 amide bonds. The number of hydrogen-bond acceptors (Lipinski definition) is 7. The molecular formula is C25H30FN5O5. The van der Waals surface area contributed by atoms with Gasteiger partial charge in [0.1, 0.15) is 5.82 Å². The molecule has 1 N–H and O–H groups in total. The van der Waals surface area contributed by atoms with Gasteiger partial charge >= 0.3 is 5.76 Å². The van der Waals surface area contributed by atoms with Crippen molar-refractivity contribution >= 4 is 28.4 Å². The maximum Gasteiger partial charge on any atom is 0.419 e. The average Bonchev–Trinajstić information content (AvgIpc) is 3.18. The molecule has 192 valence electrons. The summed E-state index contributed by atoms with van der Waals surface area (Å²) in [6.45, 7) is 8.73. The molecule has 1 atom stereocenters. The van der Waals surface area contributed by atoms with Gasteiger partial charge in [0.25, 0.3) is 5.69 Å². The highest BCUT2D eigenvalue weighted by Gasteiger charge is 2.22. The van der Waals surface area contributed by atoms with Gasteiger partial charge in [0, 0.05) is 56.5 Å². The number of oxazole rings is 1. The van der Waals surface area contributed by atoms with E-state index in [1.54, 1.807) is 6.07 Å². The van der Waals surface area contributed by atoms with Crippen LogP contribution in [-0.2, 0) is 11.3 Å². The van der Waals surface area contributed by atoms with Crippen molar-refractivity contribution in [2.24, 2.45) is 0 Å². The van der Waals surface area contributed by atoms with E-state index in [2.05, 4.69) is 22.0 Å². The Bertz CT molecular complexity index is 1310. The smallest absolute Gasteiger partial charge is 0.407 e. The quantitative estimate of drug-likeness (QED) is 0.354. The molecule has 36 heavy (non-hydrogen) atoms. The van der Waals surface area contributed by atoms with E-state index in [9.17, 15) is 24.1 Å². The monoisotopic (exact) mass is 499 g/mol. The molecule has 11 heteroatoms. The van der Waals surface area contributed by atoms with E-state index in [0.29, 0.717) is 11.9 Å². The number of carbonyl (C=O) groups excluding carboxylic acids is 1. The Kier molecular flexibility index (Phi) is 7.68. The standard InChI is InChI=1S/C25H30FN5O5/c1-3-28-11-13-29(14-12-28)21-8-6-18(26)15-20(21)17(2)27-24(32)5-4-10-30-22-9-7-19(31(34)35)16-23(22)36-25(30)33/h6-9,15-17H,3-5,10-14H2,1-2H3,(H,27,32)/t17-/m1/s1. The molecule has 10 nitrogen and oxygen atoms in total. The first-order valence-corrected chi connectivity index (χ1v) is 12.1. The number of anilines is 1. The number of aromatic nitrogens is 1. The van der Waals surface area contributed by atoms with Crippen LogP contribution in [0.25, 0.3) is 11.1 Å². The van der Waals surface area contributed by atoms with Crippen LogP contribution in [0.15, 0.2) is 45.6 Å². The predicted molar refractivity (Wildman–Crippen MR) is 134 cm³/mol. The van der Waals surface area contributed by atoms with Crippen LogP contribution in [0.3, 0.4) is 0 Å². The van der Waals surface area contributed by atoms with Crippen LogP contribution in [0.2, 0.25) is 0 Å². The number of fused-ring (bicyclic) bond motifs is 1. The second-order valence-electron chi connectivity index (χ2n) is 8.95. The first kappa shape index (κ1) is 25.4. The number of carbonyl (C=O) groups is 1. The molecule has 2 aromatic carbocycles. The predicted octanol–water partition coefficient (Wildman–Crippen LogP) is 3.44. The Balaban J connectivity index is 1.38. The maximum absolute atomic E-state index is 14.1. The minimum atomic E-state index is -0.633. The van der Waals surface area contributed by atoms with Gasteiger partial charge < -0.3 is 19.5 Å². The van der Waals surface area contributed by atoms with Gasteiger partial charge in [-0.1, -0.05) is 6.92 Å². The van der Waals surface area contributed by atoms with E-state index in [4.69, 9.17) is 4.42 Å². The largest absolute Gasteiger partial charge is 0.419 e. The number of benzene rings is 2. The fourth-order valence-electron chi connectivity index (χ4n) is 4.63. The van der Waals surface area contributed by atoms with Crippen molar-refractivity contribution in [1.29, 1.82) is 0 Å². The van der Waals surface area contributed by atoms with Gasteiger partial charge in [0.05, 0.1) is 22.5 Å². The Hall–Kier alpha value is -3.73. The third-order valence-electron chi connectivity index (χ3n) is 6.64. The summed E-state index contributed by atoms with van der Waals surface area (Å²) in [4.78, 5) is 39.8. The molecule has 0 bridgehead atoms. The fourth-order valence-corrected chi connectivity index (χ4v) is 4.63. The van der Waals surface area contributed by atoms with Crippen LogP contribution in [0.5, 0.6) is 0 Å². The summed E-state index contributed by atoms with van der Waals surface area (Å²) >= 11 is 0. The van der Waals surface area contributed by atoms with E-state index < -0.39 is 16.7 Å². The molecule has 3 aromatic rings. The number of aryl methyl sites for hydroxylation is 1. The van der Waals surface area contributed by atoms with Crippen LogP contribution in [0.4, 0.5) is 15.8 Å². The van der Waals surface area contributed by atoms with E-state index in [-0.39, 0.29) is 36.0 Å². The molecule has 2 heterocycles. The molecule has 0 saturated carbocycles. The second kappa shape index (κ2) is 10.9. The van der Waals surface area contributed by atoms with Crippen molar-refractivity contribution in [3.8, 4) is 0 Å². The molecule has 0 spiro atoms. The summed E-state index contributed by atoms with van der Waals surface area (Å²) in [5, 5.41) is 13.9. The summed E-state index contributed by atoms with van der Waals surface area (Å²) in [6.07, 6.45) is 0.509. The number of amides is 1. The Morgan fingerprint density at radius 2 is 1.94 bits per heavy atom. The summed E-state index contributed by atoms with van der Waals surface area (Å²) in [5.41, 5.74) is 2.05. The van der Waals surface area contributed by atoms with Crippen molar-refractivity contribution in [2.75, 3.05) is 37.6 Å². The SMILES string of the molecule is CCN1CCN(c2ccc(F)cc2[C@@H](C)NC(=O)CCCn2c(=O)oc3cc([N+](=O)[O-])ccc32)CC1. The lowest BCUT2D eigenvalue weighted by Crippen LogP contribution is -2.46. The Labute approximate surface area is 207 Å². The van der Waals surface area contributed by atoms with Gasteiger partial charge in [0.15, 0.2) is 5.58 Å². The van der Waals surface area contributed by atoms with Crippen molar-refractivity contribution in [3.05, 3.63) is 68.4 Å². The van der Waals surface area contributed by atoms with Gasteiger partial charge in [-0.2, -0.15) is 0 Å². The van der Waals surface area contributed by atoms with Gasteiger partial charge in [-0.05, 0) is 44.2 Å². The topological polar surface area (TPSA) is 114 Å². The van der Waals surface area contributed by atoms with E-state index >= 15 is 0 Å². The number of halogens is 1. The lowest BCUT2D eigenvalue weighted by atomic mass is 10.0. The molecule has 0 aliphatic carbocycles. The molecule has 0 unspecified atom stereocenters. The van der Waals surface area contributed by atoms with Gasteiger partial charge in [-0.15, -0.1) is 0 Å². The number of piperazine rings is 1. The number of hydrogen-bond donors (Lipinski definition) is 1. The molecule has 1 fully saturated rings. The number of nitrogens with one attached hydrogen (secondary N) is 1. The second-order valence-corrected chi connectivity index (χ2v) is 8.95. The molecular weight excluding hydrogens is 469 g/mol. The van der Waals surface area contributed by atoms with Gasteiger partial charge in [0.2, 0.25) is 5.91 Å². The number of rotatable bonds is 9. The highest BCUT2D eigenvalue weighted by atomic mass is 19.1. The lowest BCUT2D eigenvalue weighted by Gasteiger charge is -2.37. The number of non-ortho nitro benzene ring substituents is 1. The summed E-state index contributed by atoms with van der Waals surface area (Å²) in [6, 6.07) is 8.28. The number of nitrogens with zero attached hydrogens (tertiary/aromatic N) is 4. The summed E-state index contributed by atoms with van der Waals surface area (Å²) in [5.74, 6) is -1.20. The Morgan fingerprint density at radius 1 is 1.19 bits per heavy atom. The normalized spacial score (nSPS) is 15.2. The van der Waals surface area contributed by atoms with Crippen LogP contribution < -0.4 is 16.0 Å². The molecule has 1 saturated heterocycles.